The summed E-state index contributed by atoms with van der Waals surface area (Å²) in [6.07, 6.45) is 1.68. The van der Waals surface area contributed by atoms with E-state index in [1.54, 1.807) is 30.3 Å². The van der Waals surface area contributed by atoms with Gasteiger partial charge in [-0.15, -0.1) is 0 Å². The molecule has 0 aromatic heterocycles. The number of nitriles is 1. The van der Waals surface area contributed by atoms with Crippen molar-refractivity contribution >= 4 is 44.9 Å². The lowest BCUT2D eigenvalue weighted by molar-refractivity contribution is -0.123. The standard InChI is InChI=1S/C27H21BrN2O4S/c1-2-33-24-13-19(9-12-23(24)34-17-21-6-4-3-5-20(21)15-29)14-25-26(31)30(27(32)35-25)16-18-7-10-22(28)11-8-18/h3-14H,2,16-17H2,1H3/b25-14-. The van der Waals surface area contributed by atoms with E-state index in [-0.39, 0.29) is 24.3 Å². The quantitative estimate of drug-likeness (QED) is 0.297. The van der Waals surface area contributed by atoms with E-state index in [0.717, 1.165) is 27.4 Å². The van der Waals surface area contributed by atoms with Gasteiger partial charge >= 0.3 is 0 Å². The Morgan fingerprint density at radius 1 is 1.03 bits per heavy atom. The number of benzene rings is 3. The van der Waals surface area contributed by atoms with Gasteiger partial charge in [-0.1, -0.05) is 52.3 Å². The van der Waals surface area contributed by atoms with E-state index in [4.69, 9.17) is 9.47 Å². The molecule has 1 fully saturated rings. The van der Waals surface area contributed by atoms with Crippen molar-refractivity contribution in [2.75, 3.05) is 6.61 Å². The monoisotopic (exact) mass is 548 g/mol. The fraction of sp³-hybridized carbons (Fsp3) is 0.148. The summed E-state index contributed by atoms with van der Waals surface area (Å²) >= 11 is 4.31. The van der Waals surface area contributed by atoms with Crippen LogP contribution in [0, 0.1) is 11.3 Å². The minimum absolute atomic E-state index is 0.219. The number of thioether (sulfide) groups is 1. The number of imide groups is 1. The second kappa shape index (κ2) is 11.3. The third-order valence-corrected chi connectivity index (χ3v) is 6.65. The molecular weight excluding hydrogens is 528 g/mol. The van der Waals surface area contributed by atoms with Crippen molar-refractivity contribution in [3.8, 4) is 17.6 Å². The fourth-order valence-electron chi connectivity index (χ4n) is 3.47. The van der Waals surface area contributed by atoms with Crippen molar-refractivity contribution in [3.05, 3.63) is 98.4 Å². The summed E-state index contributed by atoms with van der Waals surface area (Å²) in [4.78, 5) is 27.0. The first-order valence-electron chi connectivity index (χ1n) is 10.9. The minimum atomic E-state index is -0.325. The first kappa shape index (κ1) is 24.6. The van der Waals surface area contributed by atoms with Crippen LogP contribution in [-0.4, -0.2) is 22.7 Å². The molecule has 3 aromatic rings. The van der Waals surface area contributed by atoms with Gasteiger partial charge in [-0.2, -0.15) is 5.26 Å². The molecule has 8 heteroatoms. The largest absolute Gasteiger partial charge is 0.490 e. The molecule has 0 bridgehead atoms. The maximum Gasteiger partial charge on any atom is 0.293 e. The van der Waals surface area contributed by atoms with Gasteiger partial charge in [0.2, 0.25) is 0 Å². The smallest absolute Gasteiger partial charge is 0.293 e. The summed E-state index contributed by atoms with van der Waals surface area (Å²) in [6.45, 7) is 2.74. The predicted octanol–water partition coefficient (Wildman–Crippen LogP) is 6.53. The highest BCUT2D eigenvalue weighted by Crippen LogP contribution is 2.35. The van der Waals surface area contributed by atoms with Gasteiger partial charge in [0.05, 0.1) is 29.7 Å². The highest BCUT2D eigenvalue weighted by molar-refractivity contribution is 9.10. The molecule has 0 unspecified atom stereocenters. The molecule has 1 saturated heterocycles. The average Bonchev–Trinajstić information content (AvgIpc) is 3.12. The van der Waals surface area contributed by atoms with Gasteiger partial charge < -0.3 is 9.47 Å². The van der Waals surface area contributed by atoms with Crippen LogP contribution in [0.15, 0.2) is 76.1 Å². The molecule has 0 saturated carbocycles. The molecule has 0 atom stereocenters. The molecule has 1 aliphatic rings. The van der Waals surface area contributed by atoms with Crippen molar-refractivity contribution in [2.45, 2.75) is 20.1 Å². The third kappa shape index (κ3) is 5.94. The number of carbonyl (C=O) groups is 2. The Morgan fingerprint density at radius 2 is 1.80 bits per heavy atom. The molecule has 176 valence electrons. The maximum absolute atomic E-state index is 12.9. The van der Waals surface area contributed by atoms with Crippen LogP contribution in [0.3, 0.4) is 0 Å². The SMILES string of the molecule is CCOc1cc(/C=C2\SC(=O)N(Cc3ccc(Br)cc3)C2=O)ccc1OCc1ccccc1C#N. The van der Waals surface area contributed by atoms with Crippen LogP contribution in [0.5, 0.6) is 11.5 Å². The maximum atomic E-state index is 12.9. The summed E-state index contributed by atoms with van der Waals surface area (Å²) in [7, 11) is 0. The highest BCUT2D eigenvalue weighted by Gasteiger charge is 2.35. The van der Waals surface area contributed by atoms with E-state index >= 15 is 0 Å². The van der Waals surface area contributed by atoms with Crippen molar-refractivity contribution < 1.29 is 19.1 Å². The van der Waals surface area contributed by atoms with Crippen molar-refractivity contribution in [3.63, 3.8) is 0 Å². The van der Waals surface area contributed by atoms with Crippen LogP contribution in [-0.2, 0) is 17.9 Å². The Balaban J connectivity index is 1.51. The minimum Gasteiger partial charge on any atom is -0.490 e. The normalized spacial score (nSPS) is 14.3. The first-order chi connectivity index (χ1) is 17.0. The highest BCUT2D eigenvalue weighted by atomic mass is 79.9. The molecule has 3 aromatic carbocycles. The summed E-state index contributed by atoms with van der Waals surface area (Å²) in [5, 5.41) is 8.98. The summed E-state index contributed by atoms with van der Waals surface area (Å²) in [5.74, 6) is 0.721. The zero-order chi connectivity index (χ0) is 24.8. The Labute approximate surface area is 216 Å². The number of rotatable bonds is 8. The Hall–Kier alpha value is -3.54. The van der Waals surface area contributed by atoms with E-state index in [1.807, 2.05) is 49.4 Å². The molecule has 1 aliphatic heterocycles. The van der Waals surface area contributed by atoms with Crippen LogP contribution < -0.4 is 9.47 Å². The molecule has 6 nitrogen and oxygen atoms in total. The van der Waals surface area contributed by atoms with E-state index in [1.165, 1.54) is 4.90 Å². The number of hydrogen-bond donors (Lipinski definition) is 0. The third-order valence-electron chi connectivity index (χ3n) is 5.21. The topological polar surface area (TPSA) is 79.6 Å². The summed E-state index contributed by atoms with van der Waals surface area (Å²) in [6, 6.07) is 22.3. The average molecular weight is 549 g/mol. The first-order valence-corrected chi connectivity index (χ1v) is 12.5. The van der Waals surface area contributed by atoms with Gasteiger partial charge in [0.1, 0.15) is 6.61 Å². The summed E-state index contributed by atoms with van der Waals surface area (Å²) in [5.41, 5.74) is 2.92. The van der Waals surface area contributed by atoms with Crippen LogP contribution in [0.25, 0.3) is 6.08 Å². The van der Waals surface area contributed by atoms with Crippen LogP contribution in [0.2, 0.25) is 0 Å². The molecule has 0 spiro atoms. The molecule has 1 heterocycles. The molecule has 4 rings (SSSR count). The Bertz CT molecular complexity index is 1330. The van der Waals surface area contributed by atoms with Crippen LogP contribution in [0.4, 0.5) is 4.79 Å². The van der Waals surface area contributed by atoms with Gasteiger partial charge in [-0.3, -0.25) is 14.5 Å². The lowest BCUT2D eigenvalue weighted by Gasteiger charge is -2.13. The number of ether oxygens (including phenoxy) is 2. The number of halogens is 1. The number of nitrogens with zero attached hydrogens (tertiary/aromatic N) is 2. The Kier molecular flexibility index (Phi) is 7.91. The lowest BCUT2D eigenvalue weighted by Crippen LogP contribution is -2.27. The van der Waals surface area contributed by atoms with Gasteiger partial charge in [0.15, 0.2) is 11.5 Å². The lowest BCUT2D eigenvalue weighted by atomic mass is 10.1. The summed E-state index contributed by atoms with van der Waals surface area (Å²) < 4.78 is 12.6. The van der Waals surface area contributed by atoms with E-state index in [9.17, 15) is 14.9 Å². The number of hydrogen-bond acceptors (Lipinski definition) is 6. The van der Waals surface area contributed by atoms with Crippen molar-refractivity contribution in [1.82, 2.24) is 4.90 Å². The Morgan fingerprint density at radius 3 is 2.54 bits per heavy atom. The zero-order valence-electron chi connectivity index (χ0n) is 18.9. The number of amides is 2. The van der Waals surface area contributed by atoms with E-state index in [0.29, 0.717) is 34.1 Å². The predicted molar refractivity (Wildman–Crippen MR) is 139 cm³/mol. The van der Waals surface area contributed by atoms with Gasteiger partial charge in [0, 0.05) is 10.0 Å². The molecule has 0 N–H and O–H groups in total. The molecule has 0 radical (unpaired) electrons. The van der Waals surface area contributed by atoms with Crippen molar-refractivity contribution in [1.29, 1.82) is 5.26 Å². The van der Waals surface area contributed by atoms with Gasteiger partial charge in [-0.05, 0) is 66.2 Å². The fourth-order valence-corrected chi connectivity index (χ4v) is 4.58. The van der Waals surface area contributed by atoms with Crippen LogP contribution >= 0.6 is 27.7 Å². The molecule has 0 aliphatic carbocycles. The van der Waals surface area contributed by atoms with Gasteiger partial charge in [-0.25, -0.2) is 0 Å². The zero-order valence-corrected chi connectivity index (χ0v) is 21.3. The molecule has 2 amide bonds. The van der Waals surface area contributed by atoms with E-state index < -0.39 is 0 Å². The number of carbonyl (C=O) groups excluding carboxylic acids is 2. The van der Waals surface area contributed by atoms with Crippen LogP contribution in [0.1, 0.15) is 29.2 Å². The second-order valence-corrected chi connectivity index (χ2v) is 9.50. The molecule has 35 heavy (non-hydrogen) atoms. The van der Waals surface area contributed by atoms with Crippen molar-refractivity contribution in [2.24, 2.45) is 0 Å². The second-order valence-electron chi connectivity index (χ2n) is 7.59. The molecular formula is C27H21BrN2O4S. The van der Waals surface area contributed by atoms with Gasteiger partial charge in [0.25, 0.3) is 11.1 Å². The van der Waals surface area contributed by atoms with E-state index in [2.05, 4.69) is 22.0 Å².